The van der Waals surface area contributed by atoms with Crippen LogP contribution >= 0.6 is 0 Å². The average Bonchev–Trinajstić information content (AvgIpc) is 3.29. The lowest BCUT2D eigenvalue weighted by Crippen LogP contribution is -2.46. The first kappa shape index (κ1) is 62.3. The second-order valence-electron chi connectivity index (χ2n) is 19.7. The van der Waals surface area contributed by atoms with Gasteiger partial charge in [0.05, 0.1) is 25.2 Å². The van der Waals surface area contributed by atoms with Gasteiger partial charge in [0.15, 0.2) is 0 Å². The number of carbonyl (C=O) groups excluding carboxylic acids is 2. The number of unbranched alkanes of at least 4 members (excludes halogenated alkanes) is 37. The van der Waals surface area contributed by atoms with E-state index in [1.807, 2.05) is 0 Å². The first-order valence-electron chi connectivity index (χ1n) is 28.6. The van der Waals surface area contributed by atoms with Crippen molar-refractivity contribution < 1.29 is 24.5 Å². The summed E-state index contributed by atoms with van der Waals surface area (Å²) in [7, 11) is 0. The van der Waals surface area contributed by atoms with Crippen molar-refractivity contribution in [2.45, 2.75) is 328 Å². The Morgan fingerprint density at radius 3 is 1.16 bits per heavy atom. The zero-order valence-electron chi connectivity index (χ0n) is 43.2. The fourth-order valence-corrected chi connectivity index (χ4v) is 8.95. The number of aliphatic hydroxyl groups excluding tert-OH is 2. The number of rotatable bonds is 52. The molecule has 6 nitrogen and oxygen atoms in total. The quantitative estimate of drug-likeness (QED) is 0.0321. The lowest BCUT2D eigenvalue weighted by atomic mass is 10.0. The highest BCUT2D eigenvalue weighted by molar-refractivity contribution is 5.77. The molecule has 0 fully saturated rings. The molecule has 0 radical (unpaired) electrons. The van der Waals surface area contributed by atoms with Gasteiger partial charge in [-0.15, -0.1) is 0 Å². The lowest BCUT2D eigenvalue weighted by molar-refractivity contribution is -0.151. The number of aliphatic hydroxyl groups is 2. The van der Waals surface area contributed by atoms with Crippen LogP contribution in [0, 0.1) is 0 Å². The molecule has 0 rings (SSSR count). The van der Waals surface area contributed by atoms with Crippen molar-refractivity contribution in [2.24, 2.45) is 0 Å². The number of hydrogen-bond donors (Lipinski definition) is 3. The molecule has 0 heterocycles. The van der Waals surface area contributed by atoms with Gasteiger partial charge in [-0.25, -0.2) is 0 Å². The Labute approximate surface area is 399 Å². The second kappa shape index (κ2) is 52.3. The summed E-state index contributed by atoms with van der Waals surface area (Å²) in [6.07, 6.45) is 61.0. The Balaban J connectivity index is 4.54. The molecule has 1 amide bonds. The van der Waals surface area contributed by atoms with Crippen LogP contribution in [0.1, 0.15) is 310 Å². The molecular weight excluding hydrogens is 791 g/mol. The Morgan fingerprint density at radius 2 is 0.781 bits per heavy atom. The van der Waals surface area contributed by atoms with E-state index in [2.05, 4.69) is 50.4 Å². The largest absolute Gasteiger partial charge is 0.462 e. The van der Waals surface area contributed by atoms with E-state index >= 15 is 0 Å². The standard InChI is InChI=1S/C58H111NO5/c1-4-7-10-13-16-19-22-25-27-28-29-30-33-36-39-42-45-48-51-58(63)64-54(49-46-43-40-37-34-32-26-23-20-17-14-11-8-5-2)52-57(62)59-55(53-60)56(61)50-47-44-41-38-35-31-24-21-18-15-12-9-6-3/h27-30,54-56,60-61H,4-26,31-53H2,1-3H3,(H,59,62)/b28-27+,30-29+. The molecule has 6 heteroatoms. The molecule has 0 saturated heterocycles. The molecule has 0 bridgehead atoms. The van der Waals surface area contributed by atoms with Gasteiger partial charge in [0.25, 0.3) is 0 Å². The number of allylic oxidation sites excluding steroid dienone is 4. The highest BCUT2D eigenvalue weighted by Crippen LogP contribution is 2.19. The molecule has 64 heavy (non-hydrogen) atoms. The summed E-state index contributed by atoms with van der Waals surface area (Å²) in [5.41, 5.74) is 0. The van der Waals surface area contributed by atoms with Gasteiger partial charge in [0, 0.05) is 6.42 Å². The second-order valence-corrected chi connectivity index (χ2v) is 19.7. The monoisotopic (exact) mass is 902 g/mol. The minimum Gasteiger partial charge on any atom is -0.462 e. The molecule has 0 aromatic carbocycles. The van der Waals surface area contributed by atoms with Gasteiger partial charge in [0.2, 0.25) is 5.91 Å². The van der Waals surface area contributed by atoms with Crippen molar-refractivity contribution >= 4 is 11.9 Å². The summed E-state index contributed by atoms with van der Waals surface area (Å²) >= 11 is 0. The summed E-state index contributed by atoms with van der Waals surface area (Å²) in [6.45, 7) is 6.51. The van der Waals surface area contributed by atoms with Crippen molar-refractivity contribution in [3.8, 4) is 0 Å². The number of esters is 1. The number of nitrogens with one attached hydrogen (secondary N) is 1. The van der Waals surface area contributed by atoms with E-state index in [0.29, 0.717) is 19.3 Å². The maximum absolute atomic E-state index is 13.2. The van der Waals surface area contributed by atoms with Crippen LogP contribution in [0.2, 0.25) is 0 Å². The SMILES string of the molecule is CCCCCCCCC/C=C/C=C/CCCCCCCC(=O)OC(CCCCCCCCCCCCCCCC)CC(=O)NC(CO)C(O)CCCCCCCCCCCCCCC. The van der Waals surface area contributed by atoms with Crippen LogP contribution in [0.3, 0.4) is 0 Å². The van der Waals surface area contributed by atoms with E-state index in [9.17, 15) is 19.8 Å². The van der Waals surface area contributed by atoms with Crippen LogP contribution in [0.4, 0.5) is 0 Å². The molecule has 0 aromatic heterocycles. The fourth-order valence-electron chi connectivity index (χ4n) is 8.95. The van der Waals surface area contributed by atoms with Crippen LogP contribution < -0.4 is 5.32 Å². The Hall–Kier alpha value is -1.66. The third-order valence-electron chi connectivity index (χ3n) is 13.3. The summed E-state index contributed by atoms with van der Waals surface area (Å²) in [6, 6.07) is -0.700. The number of hydrogen-bond acceptors (Lipinski definition) is 5. The Kier molecular flexibility index (Phi) is 51.0. The molecule has 0 spiro atoms. The molecule has 0 aliphatic heterocycles. The van der Waals surface area contributed by atoms with Crippen molar-refractivity contribution in [2.75, 3.05) is 6.61 Å². The number of carbonyl (C=O) groups is 2. The molecule has 3 atom stereocenters. The topological polar surface area (TPSA) is 95.9 Å². The summed E-state index contributed by atoms with van der Waals surface area (Å²) in [5.74, 6) is -0.472. The average molecular weight is 903 g/mol. The predicted molar refractivity (Wildman–Crippen MR) is 278 cm³/mol. The molecule has 3 N–H and O–H groups in total. The van der Waals surface area contributed by atoms with Crippen molar-refractivity contribution in [1.82, 2.24) is 5.32 Å². The van der Waals surface area contributed by atoms with Crippen LogP contribution in [0.25, 0.3) is 0 Å². The van der Waals surface area contributed by atoms with Gasteiger partial charge in [0.1, 0.15) is 6.10 Å². The molecular formula is C58H111NO5. The van der Waals surface area contributed by atoms with Gasteiger partial charge in [-0.2, -0.15) is 0 Å². The molecule has 0 aliphatic carbocycles. The Morgan fingerprint density at radius 1 is 0.453 bits per heavy atom. The molecule has 0 saturated carbocycles. The van der Waals surface area contributed by atoms with E-state index in [4.69, 9.17) is 4.74 Å². The van der Waals surface area contributed by atoms with Crippen molar-refractivity contribution in [1.29, 1.82) is 0 Å². The maximum atomic E-state index is 13.2. The van der Waals surface area contributed by atoms with Gasteiger partial charge >= 0.3 is 5.97 Å². The third-order valence-corrected chi connectivity index (χ3v) is 13.3. The van der Waals surface area contributed by atoms with E-state index in [-0.39, 0.29) is 24.9 Å². The van der Waals surface area contributed by atoms with Crippen LogP contribution in [0.5, 0.6) is 0 Å². The zero-order valence-corrected chi connectivity index (χ0v) is 43.2. The van der Waals surface area contributed by atoms with E-state index in [1.165, 1.54) is 212 Å². The number of amides is 1. The van der Waals surface area contributed by atoms with Crippen molar-refractivity contribution in [3.05, 3.63) is 24.3 Å². The van der Waals surface area contributed by atoms with Gasteiger partial charge in [-0.3, -0.25) is 9.59 Å². The summed E-state index contributed by atoms with van der Waals surface area (Å²) in [5, 5.41) is 23.8. The normalized spacial score (nSPS) is 13.3. The van der Waals surface area contributed by atoms with E-state index in [1.54, 1.807) is 0 Å². The van der Waals surface area contributed by atoms with Crippen LogP contribution in [-0.4, -0.2) is 46.9 Å². The minimum absolute atomic E-state index is 0.0774. The first-order valence-corrected chi connectivity index (χ1v) is 28.6. The summed E-state index contributed by atoms with van der Waals surface area (Å²) in [4.78, 5) is 26.2. The fraction of sp³-hybridized carbons (Fsp3) is 0.897. The van der Waals surface area contributed by atoms with E-state index < -0.39 is 18.2 Å². The van der Waals surface area contributed by atoms with Gasteiger partial charge in [-0.05, 0) is 51.4 Å². The first-order chi connectivity index (χ1) is 31.5. The zero-order chi connectivity index (χ0) is 46.7. The molecule has 0 aliphatic rings. The highest BCUT2D eigenvalue weighted by Gasteiger charge is 2.24. The smallest absolute Gasteiger partial charge is 0.306 e. The minimum atomic E-state index is -0.786. The number of ether oxygens (including phenoxy) is 1. The summed E-state index contributed by atoms with van der Waals surface area (Å²) < 4.78 is 5.96. The molecule has 0 aromatic rings. The van der Waals surface area contributed by atoms with Gasteiger partial charge in [-0.1, -0.05) is 270 Å². The third kappa shape index (κ3) is 46.9. The van der Waals surface area contributed by atoms with E-state index in [0.717, 1.165) is 51.4 Å². The van der Waals surface area contributed by atoms with Crippen molar-refractivity contribution in [3.63, 3.8) is 0 Å². The van der Waals surface area contributed by atoms with Gasteiger partial charge < -0.3 is 20.3 Å². The molecule has 378 valence electrons. The van der Waals surface area contributed by atoms with Crippen LogP contribution in [0.15, 0.2) is 24.3 Å². The predicted octanol–water partition coefficient (Wildman–Crippen LogP) is 17.5. The molecule has 3 unspecified atom stereocenters. The lowest BCUT2D eigenvalue weighted by Gasteiger charge is -2.24. The Bertz CT molecular complexity index is 1010. The highest BCUT2D eigenvalue weighted by atomic mass is 16.5. The van der Waals surface area contributed by atoms with Crippen LogP contribution in [-0.2, 0) is 14.3 Å². The maximum Gasteiger partial charge on any atom is 0.306 e.